The van der Waals surface area contributed by atoms with Crippen LogP contribution in [-0.4, -0.2) is 31.8 Å². The SMILES string of the molecule is CC1(C)[C@H]2C[C@H](CCO)C(=NC(=O)c3csc4ccc(OS(=O)(=O)c5ccccc5)cc34)[C@@H]1C2. The number of aliphatic hydroxyl groups is 1. The molecule has 1 heterocycles. The first-order chi connectivity index (χ1) is 16.2. The van der Waals surface area contributed by atoms with E-state index in [4.69, 9.17) is 4.18 Å². The predicted octanol–water partition coefficient (Wildman–Crippen LogP) is 5.31. The molecule has 3 aliphatic carbocycles. The molecule has 2 aromatic carbocycles. The van der Waals surface area contributed by atoms with Crippen LogP contribution in [0.1, 0.15) is 43.5 Å². The summed E-state index contributed by atoms with van der Waals surface area (Å²) < 4.78 is 31.5. The zero-order valence-corrected chi connectivity index (χ0v) is 20.7. The maximum Gasteiger partial charge on any atom is 0.339 e. The molecule has 3 fully saturated rings. The largest absolute Gasteiger partial charge is 0.396 e. The van der Waals surface area contributed by atoms with Crippen molar-refractivity contribution in [3.8, 4) is 5.75 Å². The number of thiophene rings is 1. The van der Waals surface area contributed by atoms with Crippen LogP contribution in [0.4, 0.5) is 0 Å². The summed E-state index contributed by atoms with van der Waals surface area (Å²) >= 11 is 1.41. The molecule has 0 aliphatic heterocycles. The van der Waals surface area contributed by atoms with Gasteiger partial charge in [-0.05, 0) is 60.9 Å². The van der Waals surface area contributed by atoms with Gasteiger partial charge < -0.3 is 9.29 Å². The van der Waals surface area contributed by atoms with Crippen molar-refractivity contribution in [3.63, 3.8) is 0 Å². The lowest BCUT2D eigenvalue weighted by Crippen LogP contribution is -2.56. The smallest absolute Gasteiger partial charge is 0.339 e. The summed E-state index contributed by atoms with van der Waals surface area (Å²) in [4.78, 5) is 18.0. The first kappa shape index (κ1) is 23.2. The lowest BCUT2D eigenvalue weighted by molar-refractivity contribution is -0.0164. The molecule has 34 heavy (non-hydrogen) atoms. The standard InChI is InChI=1S/C26H27NO5S2/c1-26(2)17-12-16(10-11-28)24(22(26)13-17)27-25(29)21-15-33-23-9-8-18(14-20(21)23)32-34(30,31)19-6-4-3-5-7-19/h3-9,14-17,22,28H,10-13H2,1-2H3/t16-,17-,22-/m0/s1. The molecule has 3 aliphatic rings. The topological polar surface area (TPSA) is 93.0 Å². The van der Waals surface area contributed by atoms with Gasteiger partial charge in [0.05, 0.1) is 5.56 Å². The minimum atomic E-state index is -3.98. The molecule has 3 aromatic rings. The molecule has 1 aromatic heterocycles. The molecule has 3 atom stereocenters. The summed E-state index contributed by atoms with van der Waals surface area (Å²) in [6.07, 6.45) is 2.62. The van der Waals surface area contributed by atoms with Crippen molar-refractivity contribution in [3.05, 3.63) is 59.5 Å². The van der Waals surface area contributed by atoms with Crippen molar-refractivity contribution in [1.29, 1.82) is 0 Å². The van der Waals surface area contributed by atoms with Crippen molar-refractivity contribution in [1.82, 2.24) is 0 Å². The number of benzene rings is 2. The van der Waals surface area contributed by atoms with Crippen molar-refractivity contribution in [2.75, 3.05) is 6.61 Å². The monoisotopic (exact) mass is 497 g/mol. The minimum absolute atomic E-state index is 0.0664. The first-order valence-electron chi connectivity index (χ1n) is 11.4. The van der Waals surface area contributed by atoms with E-state index >= 15 is 0 Å². The maximum atomic E-state index is 13.3. The molecule has 0 radical (unpaired) electrons. The summed E-state index contributed by atoms with van der Waals surface area (Å²) in [6.45, 7) is 4.55. The lowest BCUT2D eigenvalue weighted by atomic mass is 9.45. The van der Waals surface area contributed by atoms with Gasteiger partial charge in [-0.1, -0.05) is 32.0 Å². The van der Waals surface area contributed by atoms with Crippen LogP contribution < -0.4 is 4.18 Å². The number of carbonyl (C=O) groups is 1. The van der Waals surface area contributed by atoms with Gasteiger partial charge in [-0.25, -0.2) is 4.99 Å². The van der Waals surface area contributed by atoms with E-state index in [9.17, 15) is 18.3 Å². The number of hydrogen-bond acceptors (Lipinski definition) is 6. The van der Waals surface area contributed by atoms with Gasteiger partial charge in [-0.3, -0.25) is 4.79 Å². The first-order valence-corrected chi connectivity index (χ1v) is 13.7. The van der Waals surface area contributed by atoms with Crippen LogP contribution >= 0.6 is 11.3 Å². The number of aliphatic imine (C=N–C) groups is 1. The van der Waals surface area contributed by atoms with Crippen LogP contribution in [0.3, 0.4) is 0 Å². The van der Waals surface area contributed by atoms with Crippen LogP contribution in [0.2, 0.25) is 0 Å². The molecule has 1 N–H and O–H groups in total. The summed E-state index contributed by atoms with van der Waals surface area (Å²) in [5.41, 5.74) is 1.47. The quantitative estimate of drug-likeness (QED) is 0.466. The highest BCUT2D eigenvalue weighted by Gasteiger charge is 2.56. The number of rotatable bonds is 6. The zero-order valence-electron chi connectivity index (χ0n) is 19.1. The molecule has 2 bridgehead atoms. The minimum Gasteiger partial charge on any atom is -0.396 e. The second-order valence-electron chi connectivity index (χ2n) is 9.75. The molecule has 3 saturated carbocycles. The van der Waals surface area contributed by atoms with E-state index in [0.717, 1.165) is 23.3 Å². The van der Waals surface area contributed by atoms with E-state index in [-0.39, 0.29) is 40.4 Å². The molecule has 0 spiro atoms. The Hall–Kier alpha value is -2.55. The zero-order chi connectivity index (χ0) is 24.1. The van der Waals surface area contributed by atoms with Gasteiger partial charge in [-0.15, -0.1) is 11.3 Å². The Kier molecular flexibility index (Phi) is 5.86. The van der Waals surface area contributed by atoms with E-state index in [0.29, 0.717) is 23.3 Å². The second-order valence-corrected chi connectivity index (χ2v) is 12.2. The third kappa shape index (κ3) is 3.97. The lowest BCUT2D eigenvalue weighted by Gasteiger charge is -2.59. The number of carbonyl (C=O) groups excluding carboxylic acids is 1. The van der Waals surface area contributed by atoms with Crippen molar-refractivity contribution in [2.24, 2.45) is 28.2 Å². The fraction of sp³-hybridized carbons (Fsp3) is 0.385. The third-order valence-electron chi connectivity index (χ3n) is 7.54. The summed E-state index contributed by atoms with van der Waals surface area (Å²) in [6, 6.07) is 12.9. The summed E-state index contributed by atoms with van der Waals surface area (Å²) in [7, 11) is -3.98. The highest BCUT2D eigenvalue weighted by atomic mass is 32.2. The number of hydrogen-bond donors (Lipinski definition) is 1. The second kappa shape index (κ2) is 8.59. The Morgan fingerprint density at radius 2 is 1.94 bits per heavy atom. The highest BCUT2D eigenvalue weighted by molar-refractivity contribution is 7.87. The Morgan fingerprint density at radius 1 is 1.18 bits per heavy atom. The van der Waals surface area contributed by atoms with E-state index in [1.807, 2.05) is 0 Å². The Morgan fingerprint density at radius 3 is 2.65 bits per heavy atom. The Labute approximate surface area is 203 Å². The fourth-order valence-corrected chi connectivity index (χ4v) is 7.28. The van der Waals surface area contributed by atoms with Crippen LogP contribution in [0.15, 0.2) is 63.8 Å². The number of nitrogens with zero attached hydrogens (tertiary/aromatic N) is 1. The van der Waals surface area contributed by atoms with Gasteiger partial charge in [0.2, 0.25) is 0 Å². The molecule has 0 unspecified atom stereocenters. The molecule has 0 saturated heterocycles. The van der Waals surface area contributed by atoms with Gasteiger partial charge in [0.25, 0.3) is 5.91 Å². The van der Waals surface area contributed by atoms with E-state index < -0.39 is 10.1 Å². The van der Waals surface area contributed by atoms with Crippen molar-refractivity contribution >= 4 is 43.2 Å². The molecular weight excluding hydrogens is 470 g/mol. The van der Waals surface area contributed by atoms with Gasteiger partial charge in [0.15, 0.2) is 0 Å². The maximum absolute atomic E-state index is 13.3. The van der Waals surface area contributed by atoms with Gasteiger partial charge >= 0.3 is 10.1 Å². The number of aliphatic hydroxyl groups excluding tert-OH is 1. The van der Waals surface area contributed by atoms with Gasteiger partial charge in [0, 0.05) is 39.6 Å². The molecular formula is C26H27NO5S2. The number of amides is 1. The van der Waals surface area contributed by atoms with Gasteiger partial charge in [0.1, 0.15) is 10.6 Å². The van der Waals surface area contributed by atoms with E-state index in [2.05, 4.69) is 18.8 Å². The molecule has 6 rings (SSSR count). The molecule has 1 amide bonds. The van der Waals surface area contributed by atoms with Gasteiger partial charge in [-0.2, -0.15) is 8.42 Å². The average Bonchev–Trinajstić information content (AvgIpc) is 3.23. The fourth-order valence-electron chi connectivity index (χ4n) is 5.42. The van der Waals surface area contributed by atoms with Crippen molar-refractivity contribution in [2.45, 2.75) is 38.0 Å². The van der Waals surface area contributed by atoms with Crippen LogP contribution in [0.25, 0.3) is 10.1 Å². The summed E-state index contributed by atoms with van der Waals surface area (Å²) in [5.74, 6) is 0.817. The highest BCUT2D eigenvalue weighted by Crippen LogP contribution is 2.60. The van der Waals surface area contributed by atoms with Crippen LogP contribution in [0, 0.1) is 23.2 Å². The average molecular weight is 498 g/mol. The Balaban J connectivity index is 1.46. The number of fused-ring (bicyclic) bond motifs is 3. The van der Waals surface area contributed by atoms with Crippen LogP contribution in [0.5, 0.6) is 5.75 Å². The molecule has 178 valence electrons. The molecule has 8 heteroatoms. The van der Waals surface area contributed by atoms with Crippen LogP contribution in [-0.2, 0) is 10.1 Å². The predicted molar refractivity (Wildman–Crippen MR) is 133 cm³/mol. The van der Waals surface area contributed by atoms with Crippen molar-refractivity contribution < 1.29 is 22.5 Å². The molecule has 6 nitrogen and oxygen atoms in total. The Bertz CT molecular complexity index is 1370. The summed E-state index contributed by atoms with van der Waals surface area (Å²) in [5, 5.41) is 11.9. The van der Waals surface area contributed by atoms with E-state index in [1.165, 1.54) is 23.5 Å². The third-order valence-corrected chi connectivity index (χ3v) is 9.76. The van der Waals surface area contributed by atoms with E-state index in [1.54, 1.807) is 41.8 Å². The normalized spacial score (nSPS) is 24.7.